The van der Waals surface area contributed by atoms with E-state index >= 15 is 0 Å². The highest BCUT2D eigenvalue weighted by Gasteiger charge is 2.51. The summed E-state index contributed by atoms with van der Waals surface area (Å²) in [6, 6.07) is 0.377. The number of hydrogen-bond donors (Lipinski definition) is 1. The lowest BCUT2D eigenvalue weighted by Gasteiger charge is -2.50. The number of tetrazole rings is 1. The standard InChI is InChI=1S/C13H25N5O2/c1-9(14-6-7-19-4)12-15-16-17-18(12)10-8-11(20-5)13(10,2)3/h9-11,14H,6-8H2,1-5H3. The minimum absolute atomic E-state index is 0.0468. The van der Waals surface area contributed by atoms with Crippen LogP contribution in [0.4, 0.5) is 0 Å². The third-order valence-electron chi connectivity index (χ3n) is 4.37. The van der Waals surface area contributed by atoms with Crippen LogP contribution in [0.15, 0.2) is 0 Å². The SMILES string of the molecule is COCCNC(C)c1nnnn1C1CC(OC)C1(C)C. The van der Waals surface area contributed by atoms with E-state index in [0.29, 0.717) is 6.61 Å². The summed E-state index contributed by atoms with van der Waals surface area (Å²) in [5, 5.41) is 15.6. The van der Waals surface area contributed by atoms with Gasteiger partial charge in [0.25, 0.3) is 0 Å². The first-order valence-corrected chi connectivity index (χ1v) is 7.05. The number of aromatic nitrogens is 4. The van der Waals surface area contributed by atoms with E-state index in [-0.39, 0.29) is 23.6 Å². The van der Waals surface area contributed by atoms with Gasteiger partial charge in [-0.15, -0.1) is 5.10 Å². The molecule has 1 heterocycles. The first kappa shape index (κ1) is 15.3. The van der Waals surface area contributed by atoms with Gasteiger partial charge in [-0.2, -0.15) is 0 Å². The van der Waals surface area contributed by atoms with Crippen molar-refractivity contribution < 1.29 is 9.47 Å². The number of nitrogens with zero attached hydrogens (tertiary/aromatic N) is 4. The summed E-state index contributed by atoms with van der Waals surface area (Å²) < 4.78 is 12.5. The van der Waals surface area contributed by atoms with E-state index in [2.05, 4.69) is 41.6 Å². The van der Waals surface area contributed by atoms with Crippen molar-refractivity contribution >= 4 is 0 Å². The Labute approximate surface area is 120 Å². The molecule has 0 aliphatic heterocycles. The predicted octanol–water partition coefficient (Wildman–Crippen LogP) is 0.956. The quantitative estimate of drug-likeness (QED) is 0.751. The third kappa shape index (κ3) is 2.70. The van der Waals surface area contributed by atoms with Crippen LogP contribution >= 0.6 is 0 Å². The summed E-state index contributed by atoms with van der Waals surface area (Å²) in [6.07, 6.45) is 1.22. The summed E-state index contributed by atoms with van der Waals surface area (Å²) in [5.74, 6) is 0.869. The lowest BCUT2D eigenvalue weighted by Crippen LogP contribution is -2.52. The Balaban J connectivity index is 2.06. The third-order valence-corrected chi connectivity index (χ3v) is 4.37. The molecule has 1 N–H and O–H groups in total. The molecule has 3 atom stereocenters. The predicted molar refractivity (Wildman–Crippen MR) is 74.3 cm³/mol. The summed E-state index contributed by atoms with van der Waals surface area (Å²) in [7, 11) is 3.45. The largest absolute Gasteiger partial charge is 0.383 e. The normalized spacial score (nSPS) is 26.2. The van der Waals surface area contributed by atoms with Crippen LogP contribution in [0.5, 0.6) is 0 Å². The zero-order chi connectivity index (χ0) is 14.8. The highest BCUT2D eigenvalue weighted by Crippen LogP contribution is 2.51. The first-order chi connectivity index (χ1) is 9.52. The molecule has 0 radical (unpaired) electrons. The monoisotopic (exact) mass is 283 g/mol. The number of hydrogen-bond acceptors (Lipinski definition) is 6. The fraction of sp³-hybridized carbons (Fsp3) is 0.923. The first-order valence-electron chi connectivity index (χ1n) is 7.05. The smallest absolute Gasteiger partial charge is 0.168 e. The molecule has 1 fully saturated rings. The molecule has 0 amide bonds. The molecule has 114 valence electrons. The topological polar surface area (TPSA) is 74.1 Å². The molecular weight excluding hydrogens is 258 g/mol. The molecule has 3 unspecified atom stereocenters. The van der Waals surface area contributed by atoms with Crippen molar-refractivity contribution in [1.82, 2.24) is 25.5 Å². The molecule has 7 heteroatoms. The van der Waals surface area contributed by atoms with Gasteiger partial charge in [0.05, 0.1) is 24.8 Å². The van der Waals surface area contributed by atoms with Gasteiger partial charge in [-0.25, -0.2) is 4.68 Å². The second kappa shape index (κ2) is 6.15. The maximum Gasteiger partial charge on any atom is 0.168 e. The fourth-order valence-electron chi connectivity index (χ4n) is 2.86. The summed E-state index contributed by atoms with van der Waals surface area (Å²) in [6.45, 7) is 7.91. The molecule has 1 aliphatic rings. The minimum atomic E-state index is 0.0468. The van der Waals surface area contributed by atoms with E-state index in [1.807, 2.05) is 4.68 Å². The van der Waals surface area contributed by atoms with Crippen LogP contribution in [0.1, 0.15) is 45.1 Å². The van der Waals surface area contributed by atoms with Gasteiger partial charge in [0.1, 0.15) is 0 Å². The van der Waals surface area contributed by atoms with E-state index in [1.165, 1.54) is 0 Å². The second-order valence-corrected chi connectivity index (χ2v) is 5.95. The van der Waals surface area contributed by atoms with Gasteiger partial charge in [-0.3, -0.25) is 0 Å². The lowest BCUT2D eigenvalue weighted by molar-refractivity contribution is -0.117. The van der Waals surface area contributed by atoms with Crippen LogP contribution in [-0.4, -0.2) is 53.7 Å². The highest BCUT2D eigenvalue weighted by atomic mass is 16.5. The van der Waals surface area contributed by atoms with Crippen molar-refractivity contribution in [3.8, 4) is 0 Å². The molecule has 0 saturated heterocycles. The van der Waals surface area contributed by atoms with Gasteiger partial charge in [0, 0.05) is 26.2 Å². The van der Waals surface area contributed by atoms with Gasteiger partial charge in [0.15, 0.2) is 5.82 Å². The Morgan fingerprint density at radius 2 is 2.20 bits per heavy atom. The Morgan fingerprint density at radius 3 is 2.80 bits per heavy atom. The Hall–Kier alpha value is -1.05. The van der Waals surface area contributed by atoms with Gasteiger partial charge in [-0.1, -0.05) is 13.8 Å². The molecular formula is C13H25N5O2. The van der Waals surface area contributed by atoms with Crippen LogP contribution in [0.2, 0.25) is 0 Å². The van der Waals surface area contributed by atoms with E-state index in [4.69, 9.17) is 9.47 Å². The molecule has 20 heavy (non-hydrogen) atoms. The maximum absolute atomic E-state index is 5.50. The van der Waals surface area contributed by atoms with E-state index < -0.39 is 0 Å². The molecule has 1 aromatic rings. The van der Waals surface area contributed by atoms with E-state index in [1.54, 1.807) is 14.2 Å². The van der Waals surface area contributed by atoms with Crippen LogP contribution in [0, 0.1) is 5.41 Å². The fourth-order valence-corrected chi connectivity index (χ4v) is 2.86. The van der Waals surface area contributed by atoms with Crippen molar-refractivity contribution in [3.05, 3.63) is 5.82 Å². The molecule has 0 aromatic carbocycles. The number of nitrogens with one attached hydrogen (secondary N) is 1. The summed E-state index contributed by atoms with van der Waals surface area (Å²) in [5.41, 5.74) is 0.0468. The van der Waals surface area contributed by atoms with Gasteiger partial charge < -0.3 is 14.8 Å². The minimum Gasteiger partial charge on any atom is -0.383 e. The highest BCUT2D eigenvalue weighted by molar-refractivity contribution is 5.04. The van der Waals surface area contributed by atoms with E-state index in [0.717, 1.165) is 18.8 Å². The average molecular weight is 283 g/mol. The van der Waals surface area contributed by atoms with Crippen molar-refractivity contribution in [2.45, 2.75) is 45.4 Å². The molecule has 1 aliphatic carbocycles. The number of rotatable bonds is 7. The summed E-state index contributed by atoms with van der Waals surface area (Å²) in [4.78, 5) is 0. The zero-order valence-corrected chi connectivity index (χ0v) is 13.0. The Kier molecular flexibility index (Phi) is 4.72. The molecule has 1 aromatic heterocycles. The molecule has 7 nitrogen and oxygen atoms in total. The van der Waals surface area contributed by atoms with Crippen LogP contribution in [0.3, 0.4) is 0 Å². The number of ether oxygens (including phenoxy) is 2. The molecule has 1 saturated carbocycles. The lowest BCUT2D eigenvalue weighted by atomic mass is 9.64. The van der Waals surface area contributed by atoms with Crippen molar-refractivity contribution in [3.63, 3.8) is 0 Å². The van der Waals surface area contributed by atoms with Crippen molar-refractivity contribution in [2.24, 2.45) is 5.41 Å². The van der Waals surface area contributed by atoms with Crippen LogP contribution < -0.4 is 5.32 Å². The van der Waals surface area contributed by atoms with Gasteiger partial charge in [0.2, 0.25) is 0 Å². The van der Waals surface area contributed by atoms with Crippen molar-refractivity contribution in [1.29, 1.82) is 0 Å². The van der Waals surface area contributed by atoms with Crippen LogP contribution in [-0.2, 0) is 9.47 Å². The Bertz CT molecular complexity index is 434. The van der Waals surface area contributed by atoms with Gasteiger partial charge >= 0.3 is 0 Å². The zero-order valence-electron chi connectivity index (χ0n) is 13.0. The molecule has 0 bridgehead atoms. The second-order valence-electron chi connectivity index (χ2n) is 5.95. The maximum atomic E-state index is 5.50. The van der Waals surface area contributed by atoms with Crippen LogP contribution in [0.25, 0.3) is 0 Å². The average Bonchev–Trinajstić information content (AvgIpc) is 2.87. The summed E-state index contributed by atoms with van der Waals surface area (Å²) >= 11 is 0. The molecule has 2 rings (SSSR count). The Morgan fingerprint density at radius 1 is 1.45 bits per heavy atom. The molecule has 0 spiro atoms. The van der Waals surface area contributed by atoms with Gasteiger partial charge in [-0.05, 0) is 23.8 Å². The van der Waals surface area contributed by atoms with E-state index in [9.17, 15) is 0 Å². The number of methoxy groups -OCH3 is 2. The van der Waals surface area contributed by atoms with Crippen molar-refractivity contribution in [2.75, 3.05) is 27.4 Å².